The van der Waals surface area contributed by atoms with Crippen molar-refractivity contribution in [2.75, 3.05) is 11.9 Å². The van der Waals surface area contributed by atoms with Gasteiger partial charge in [0.2, 0.25) is 0 Å². The van der Waals surface area contributed by atoms with E-state index < -0.39 is 0 Å². The van der Waals surface area contributed by atoms with E-state index in [1.807, 2.05) is 0 Å². The molecule has 1 aromatic heterocycles. The molecule has 1 N–H and O–H groups in total. The first-order valence-electron chi connectivity index (χ1n) is 7.16. The fourth-order valence-corrected chi connectivity index (χ4v) is 2.27. The van der Waals surface area contributed by atoms with Crippen LogP contribution in [0.3, 0.4) is 0 Å². The predicted octanol–water partition coefficient (Wildman–Crippen LogP) is 5.34. The van der Waals surface area contributed by atoms with Crippen molar-refractivity contribution in [2.24, 2.45) is 0 Å². The van der Waals surface area contributed by atoms with E-state index in [0.717, 1.165) is 18.7 Å². The van der Waals surface area contributed by atoms with Crippen molar-refractivity contribution < 1.29 is 0 Å². The number of nitrogens with zero attached hydrogens (tertiary/aromatic N) is 2. The van der Waals surface area contributed by atoms with E-state index in [4.69, 9.17) is 23.2 Å². The van der Waals surface area contributed by atoms with Gasteiger partial charge in [0.25, 0.3) is 0 Å². The van der Waals surface area contributed by atoms with Crippen molar-refractivity contribution in [3.63, 3.8) is 0 Å². The molecule has 19 heavy (non-hydrogen) atoms. The van der Waals surface area contributed by atoms with Crippen molar-refractivity contribution in [3.8, 4) is 0 Å². The standard InChI is InChI=1S/C14H23Cl2N3/c1-2-3-4-5-6-7-8-9-10-17-12-11-13(15)18-19-14(12)16/h11H,2-10H2,1H3,(H,17,18). The molecule has 0 saturated heterocycles. The van der Waals surface area contributed by atoms with Crippen LogP contribution in [0.2, 0.25) is 10.3 Å². The number of unbranched alkanes of at least 4 members (excludes halogenated alkanes) is 7. The zero-order chi connectivity index (χ0) is 13.9. The molecule has 1 aromatic rings. The number of halogens is 2. The van der Waals surface area contributed by atoms with E-state index in [2.05, 4.69) is 22.4 Å². The predicted molar refractivity (Wildman–Crippen MR) is 83.2 cm³/mol. The van der Waals surface area contributed by atoms with Crippen LogP contribution >= 0.6 is 23.2 Å². The smallest absolute Gasteiger partial charge is 0.174 e. The minimum atomic E-state index is 0.364. The Labute approximate surface area is 126 Å². The summed E-state index contributed by atoms with van der Waals surface area (Å²) in [5.74, 6) is 0. The Morgan fingerprint density at radius 1 is 0.947 bits per heavy atom. The first-order chi connectivity index (χ1) is 9.24. The SMILES string of the molecule is CCCCCCCCCCNc1cc(Cl)nnc1Cl. The molecule has 0 atom stereocenters. The number of hydrogen-bond donors (Lipinski definition) is 1. The van der Waals surface area contributed by atoms with E-state index >= 15 is 0 Å². The van der Waals surface area contributed by atoms with Crippen LogP contribution < -0.4 is 5.32 Å². The quantitative estimate of drug-likeness (QED) is 0.593. The second kappa shape index (κ2) is 10.3. The third kappa shape index (κ3) is 7.58. The lowest BCUT2D eigenvalue weighted by Gasteiger charge is -2.07. The van der Waals surface area contributed by atoms with Crippen LogP contribution in [-0.4, -0.2) is 16.7 Å². The van der Waals surface area contributed by atoms with Crippen LogP contribution in [0.25, 0.3) is 0 Å². The van der Waals surface area contributed by atoms with Gasteiger partial charge in [-0.3, -0.25) is 0 Å². The zero-order valence-corrected chi connectivity index (χ0v) is 13.1. The number of anilines is 1. The maximum Gasteiger partial charge on any atom is 0.174 e. The number of aromatic nitrogens is 2. The third-order valence-corrected chi connectivity index (χ3v) is 3.53. The highest BCUT2D eigenvalue weighted by molar-refractivity contribution is 6.33. The summed E-state index contributed by atoms with van der Waals surface area (Å²) < 4.78 is 0. The second-order valence-electron chi connectivity index (χ2n) is 4.77. The molecule has 0 saturated carbocycles. The van der Waals surface area contributed by atoms with Crippen LogP contribution in [0.5, 0.6) is 0 Å². The highest BCUT2D eigenvalue weighted by Crippen LogP contribution is 2.20. The molecular formula is C14H23Cl2N3. The average molecular weight is 304 g/mol. The van der Waals surface area contributed by atoms with Crippen molar-refractivity contribution >= 4 is 28.9 Å². The largest absolute Gasteiger partial charge is 0.382 e. The molecule has 108 valence electrons. The van der Waals surface area contributed by atoms with Gasteiger partial charge in [-0.25, -0.2) is 0 Å². The highest BCUT2D eigenvalue weighted by Gasteiger charge is 2.02. The van der Waals surface area contributed by atoms with Gasteiger partial charge in [-0.15, -0.1) is 10.2 Å². The Morgan fingerprint density at radius 3 is 2.26 bits per heavy atom. The molecule has 0 spiro atoms. The molecular weight excluding hydrogens is 281 g/mol. The molecule has 0 amide bonds. The van der Waals surface area contributed by atoms with Crippen LogP contribution in [0.15, 0.2) is 6.07 Å². The summed E-state index contributed by atoms with van der Waals surface area (Å²) in [4.78, 5) is 0. The summed E-state index contributed by atoms with van der Waals surface area (Å²) in [5.41, 5.74) is 0.768. The van der Waals surface area contributed by atoms with E-state index in [9.17, 15) is 0 Å². The Hall–Kier alpha value is -0.540. The molecule has 5 heteroatoms. The van der Waals surface area contributed by atoms with Crippen molar-refractivity contribution in [3.05, 3.63) is 16.4 Å². The highest BCUT2D eigenvalue weighted by atomic mass is 35.5. The van der Waals surface area contributed by atoms with Gasteiger partial charge < -0.3 is 5.32 Å². The fourth-order valence-electron chi connectivity index (χ4n) is 1.96. The molecule has 0 aliphatic heterocycles. The normalized spacial score (nSPS) is 10.7. The van der Waals surface area contributed by atoms with Gasteiger partial charge >= 0.3 is 0 Å². The van der Waals surface area contributed by atoms with Crippen molar-refractivity contribution in [1.82, 2.24) is 10.2 Å². The summed E-state index contributed by atoms with van der Waals surface area (Å²) in [7, 11) is 0. The summed E-state index contributed by atoms with van der Waals surface area (Å²) >= 11 is 11.7. The Bertz CT molecular complexity index is 359. The lowest BCUT2D eigenvalue weighted by molar-refractivity contribution is 0.581. The molecule has 0 aliphatic carbocycles. The zero-order valence-electron chi connectivity index (χ0n) is 11.6. The van der Waals surface area contributed by atoms with Gasteiger partial charge in [-0.2, -0.15) is 0 Å². The van der Waals surface area contributed by atoms with Crippen LogP contribution in [0.1, 0.15) is 58.3 Å². The van der Waals surface area contributed by atoms with Gasteiger partial charge in [-0.1, -0.05) is 75.1 Å². The van der Waals surface area contributed by atoms with Crippen LogP contribution in [-0.2, 0) is 0 Å². The van der Waals surface area contributed by atoms with Gasteiger partial charge in [0, 0.05) is 12.6 Å². The molecule has 1 heterocycles. The molecule has 0 unspecified atom stereocenters. The van der Waals surface area contributed by atoms with Gasteiger partial charge in [0.05, 0.1) is 5.69 Å². The number of rotatable bonds is 10. The molecule has 0 radical (unpaired) electrons. The molecule has 0 aromatic carbocycles. The lowest BCUT2D eigenvalue weighted by Crippen LogP contribution is -2.03. The van der Waals surface area contributed by atoms with E-state index in [1.165, 1.54) is 44.9 Å². The maximum atomic E-state index is 5.91. The molecule has 0 aliphatic rings. The Kier molecular flexibility index (Phi) is 8.93. The molecule has 1 rings (SSSR count). The minimum absolute atomic E-state index is 0.364. The second-order valence-corrected chi connectivity index (χ2v) is 5.52. The molecule has 0 bridgehead atoms. The first-order valence-corrected chi connectivity index (χ1v) is 7.92. The Morgan fingerprint density at radius 2 is 1.58 bits per heavy atom. The fraction of sp³-hybridized carbons (Fsp3) is 0.714. The number of hydrogen-bond acceptors (Lipinski definition) is 3. The minimum Gasteiger partial charge on any atom is -0.382 e. The van der Waals surface area contributed by atoms with Gasteiger partial charge in [-0.05, 0) is 6.42 Å². The number of nitrogens with one attached hydrogen (secondary N) is 1. The van der Waals surface area contributed by atoms with Crippen molar-refractivity contribution in [2.45, 2.75) is 58.3 Å². The van der Waals surface area contributed by atoms with Crippen LogP contribution in [0, 0.1) is 0 Å². The topological polar surface area (TPSA) is 37.8 Å². The summed E-state index contributed by atoms with van der Waals surface area (Å²) in [6.45, 7) is 3.15. The molecule has 3 nitrogen and oxygen atoms in total. The first kappa shape index (κ1) is 16.5. The molecule has 0 fully saturated rings. The Balaban J connectivity index is 2.03. The maximum absolute atomic E-state index is 5.91. The summed E-state index contributed by atoms with van der Waals surface area (Å²) in [5, 5.41) is 11.4. The summed E-state index contributed by atoms with van der Waals surface area (Å²) in [6.07, 6.45) is 10.5. The van der Waals surface area contributed by atoms with E-state index in [-0.39, 0.29) is 0 Å². The van der Waals surface area contributed by atoms with Gasteiger partial charge in [0.1, 0.15) is 0 Å². The average Bonchev–Trinajstić information content (AvgIpc) is 2.40. The van der Waals surface area contributed by atoms with E-state index in [1.54, 1.807) is 6.07 Å². The van der Waals surface area contributed by atoms with E-state index in [0.29, 0.717) is 10.3 Å². The van der Waals surface area contributed by atoms with Gasteiger partial charge in [0.15, 0.2) is 10.3 Å². The van der Waals surface area contributed by atoms with Crippen molar-refractivity contribution in [1.29, 1.82) is 0 Å². The third-order valence-electron chi connectivity index (χ3n) is 3.06. The monoisotopic (exact) mass is 303 g/mol. The lowest BCUT2D eigenvalue weighted by atomic mass is 10.1. The van der Waals surface area contributed by atoms with Crippen LogP contribution in [0.4, 0.5) is 5.69 Å². The summed E-state index contributed by atoms with van der Waals surface area (Å²) in [6, 6.07) is 1.71.